The molecule has 3 aromatic rings. The van der Waals surface area contributed by atoms with E-state index in [2.05, 4.69) is 10.2 Å². The maximum atomic E-state index is 14.1. The summed E-state index contributed by atoms with van der Waals surface area (Å²) in [7, 11) is -4.21. The van der Waals surface area contributed by atoms with Gasteiger partial charge in [0.25, 0.3) is 5.56 Å². The molecule has 2 aromatic carbocycles. The molecule has 6 nitrogen and oxygen atoms in total. The second kappa shape index (κ2) is 6.19. The first-order valence-corrected chi connectivity index (χ1v) is 8.48. The minimum atomic E-state index is -4.21. The Balaban J connectivity index is 2.22. The van der Waals surface area contributed by atoms with Crippen LogP contribution in [0.1, 0.15) is 0 Å². The molecule has 0 spiro atoms. The van der Waals surface area contributed by atoms with Gasteiger partial charge < -0.3 is 0 Å². The molecule has 0 atom stereocenters. The minimum Gasteiger partial charge on any atom is -0.267 e. The van der Waals surface area contributed by atoms with E-state index in [0.717, 1.165) is 12.1 Å². The van der Waals surface area contributed by atoms with Crippen LogP contribution in [-0.4, -0.2) is 18.6 Å². The van der Waals surface area contributed by atoms with Gasteiger partial charge in [-0.1, -0.05) is 18.2 Å². The SMILES string of the molecule is NS(=O)(=O)c1ccc(-c2cn[nH]c(=O)c2-c2ccc(F)cc2)cc1F. The van der Waals surface area contributed by atoms with Gasteiger partial charge in [-0.15, -0.1) is 0 Å². The van der Waals surface area contributed by atoms with Crippen molar-refractivity contribution in [2.24, 2.45) is 5.14 Å². The largest absolute Gasteiger partial charge is 0.272 e. The van der Waals surface area contributed by atoms with Gasteiger partial charge in [-0.3, -0.25) is 4.79 Å². The number of rotatable bonds is 3. The normalized spacial score (nSPS) is 11.5. The predicted molar refractivity (Wildman–Crippen MR) is 87.0 cm³/mol. The van der Waals surface area contributed by atoms with Gasteiger partial charge in [0.05, 0.1) is 11.8 Å². The third kappa shape index (κ3) is 3.32. The fourth-order valence-electron chi connectivity index (χ4n) is 2.42. The van der Waals surface area contributed by atoms with Gasteiger partial charge in [0, 0.05) is 5.56 Å². The first kappa shape index (κ1) is 16.9. The van der Waals surface area contributed by atoms with Gasteiger partial charge in [0.1, 0.15) is 16.5 Å². The molecule has 0 bridgehead atoms. The molecule has 0 saturated heterocycles. The lowest BCUT2D eigenvalue weighted by atomic mass is 9.97. The third-order valence-corrected chi connectivity index (χ3v) is 4.48. The molecule has 0 amide bonds. The quantitative estimate of drug-likeness (QED) is 0.742. The summed E-state index contributed by atoms with van der Waals surface area (Å²) in [4.78, 5) is 11.5. The molecule has 3 rings (SSSR count). The van der Waals surface area contributed by atoms with Crippen LogP contribution in [0.4, 0.5) is 8.78 Å². The van der Waals surface area contributed by atoms with Crippen LogP contribution in [0.15, 0.2) is 58.4 Å². The molecule has 0 radical (unpaired) electrons. The zero-order valence-electron chi connectivity index (χ0n) is 12.5. The van der Waals surface area contributed by atoms with Gasteiger partial charge in [0.15, 0.2) is 0 Å². The number of nitrogens with one attached hydrogen (secondary N) is 1. The average Bonchev–Trinajstić information content (AvgIpc) is 2.54. The molecule has 1 heterocycles. The second-order valence-corrected chi connectivity index (χ2v) is 6.71. The van der Waals surface area contributed by atoms with Crippen LogP contribution in [0.25, 0.3) is 22.3 Å². The van der Waals surface area contributed by atoms with E-state index in [1.807, 2.05) is 0 Å². The highest BCUT2D eigenvalue weighted by molar-refractivity contribution is 7.89. The minimum absolute atomic E-state index is 0.151. The standard InChI is InChI=1S/C16H11F2N3O3S/c17-11-4-1-9(2-5-11)15-12(8-20-21-16(15)22)10-3-6-14(13(18)7-10)25(19,23)24/h1-8H,(H,21,22)(H2,19,23,24). The van der Waals surface area contributed by atoms with Crippen LogP contribution in [0, 0.1) is 11.6 Å². The maximum absolute atomic E-state index is 14.1. The highest BCUT2D eigenvalue weighted by Gasteiger charge is 2.18. The summed E-state index contributed by atoms with van der Waals surface area (Å²) >= 11 is 0. The Morgan fingerprint density at radius 3 is 2.24 bits per heavy atom. The number of benzene rings is 2. The number of hydrogen-bond acceptors (Lipinski definition) is 4. The van der Waals surface area contributed by atoms with E-state index < -0.39 is 32.1 Å². The molecule has 3 N–H and O–H groups in total. The Hall–Kier alpha value is -2.91. The summed E-state index contributed by atoms with van der Waals surface area (Å²) in [6.07, 6.45) is 1.30. The number of hydrogen-bond donors (Lipinski definition) is 2. The van der Waals surface area contributed by atoms with Crippen LogP contribution in [0.3, 0.4) is 0 Å². The van der Waals surface area contributed by atoms with Gasteiger partial charge in [-0.25, -0.2) is 27.4 Å². The van der Waals surface area contributed by atoms with Crippen LogP contribution in [0.2, 0.25) is 0 Å². The number of primary sulfonamides is 1. The molecule has 9 heteroatoms. The summed E-state index contributed by atoms with van der Waals surface area (Å²) in [5.74, 6) is -1.52. The van der Waals surface area contributed by atoms with Gasteiger partial charge in [-0.05, 0) is 35.4 Å². The van der Waals surface area contributed by atoms with E-state index in [9.17, 15) is 22.0 Å². The molecule has 0 aliphatic carbocycles. The highest BCUT2D eigenvalue weighted by atomic mass is 32.2. The number of aromatic nitrogens is 2. The van der Waals surface area contributed by atoms with Crippen molar-refractivity contribution in [3.63, 3.8) is 0 Å². The lowest BCUT2D eigenvalue weighted by Gasteiger charge is -2.10. The lowest BCUT2D eigenvalue weighted by Crippen LogP contribution is -2.14. The fourth-order valence-corrected chi connectivity index (χ4v) is 3.01. The van der Waals surface area contributed by atoms with Crippen LogP contribution in [-0.2, 0) is 10.0 Å². The zero-order chi connectivity index (χ0) is 18.2. The van der Waals surface area contributed by atoms with Gasteiger partial charge >= 0.3 is 0 Å². The first-order valence-electron chi connectivity index (χ1n) is 6.94. The van der Waals surface area contributed by atoms with Crippen molar-refractivity contribution in [1.82, 2.24) is 10.2 Å². The molecule has 0 fully saturated rings. The summed E-state index contributed by atoms with van der Waals surface area (Å²) < 4.78 is 49.8. The fraction of sp³-hybridized carbons (Fsp3) is 0. The Bertz CT molecular complexity index is 1110. The molecular formula is C16H11F2N3O3S. The molecule has 0 aliphatic heterocycles. The number of H-pyrrole nitrogens is 1. The van der Waals surface area contributed by atoms with Crippen LogP contribution in [0.5, 0.6) is 0 Å². The Morgan fingerprint density at radius 2 is 1.64 bits per heavy atom. The molecular weight excluding hydrogens is 352 g/mol. The van der Waals surface area contributed by atoms with Crippen molar-refractivity contribution in [2.75, 3.05) is 0 Å². The number of halogens is 2. The van der Waals surface area contributed by atoms with Gasteiger partial charge in [-0.2, -0.15) is 5.10 Å². The molecule has 128 valence electrons. The molecule has 0 aliphatic rings. The van der Waals surface area contributed by atoms with Crippen molar-refractivity contribution in [3.05, 3.63) is 70.6 Å². The van der Waals surface area contributed by atoms with Crippen molar-refractivity contribution >= 4 is 10.0 Å². The maximum Gasteiger partial charge on any atom is 0.272 e. The summed E-state index contributed by atoms with van der Waals surface area (Å²) in [6, 6.07) is 8.44. The first-order chi connectivity index (χ1) is 11.8. The number of sulfonamides is 1. The number of nitrogens with two attached hydrogens (primary N) is 1. The van der Waals surface area contributed by atoms with E-state index in [-0.39, 0.29) is 16.7 Å². The smallest absolute Gasteiger partial charge is 0.267 e. The zero-order valence-corrected chi connectivity index (χ0v) is 13.3. The Labute approximate surface area is 141 Å². The Morgan fingerprint density at radius 1 is 1.00 bits per heavy atom. The van der Waals surface area contributed by atoms with Crippen molar-refractivity contribution in [1.29, 1.82) is 0 Å². The second-order valence-electron chi connectivity index (χ2n) is 5.18. The van der Waals surface area contributed by atoms with Crippen molar-refractivity contribution < 1.29 is 17.2 Å². The Kier molecular flexibility index (Phi) is 4.19. The van der Waals surface area contributed by atoms with E-state index in [4.69, 9.17) is 5.14 Å². The molecule has 25 heavy (non-hydrogen) atoms. The summed E-state index contributed by atoms with van der Waals surface area (Å²) in [5, 5.41) is 10.9. The van der Waals surface area contributed by atoms with E-state index >= 15 is 0 Å². The topological polar surface area (TPSA) is 106 Å². The number of aromatic amines is 1. The van der Waals surface area contributed by atoms with E-state index in [0.29, 0.717) is 5.56 Å². The highest BCUT2D eigenvalue weighted by Crippen LogP contribution is 2.30. The predicted octanol–water partition coefficient (Wildman–Crippen LogP) is 2.03. The van der Waals surface area contributed by atoms with Crippen LogP contribution < -0.4 is 10.7 Å². The average molecular weight is 363 g/mol. The summed E-state index contributed by atoms with van der Waals surface area (Å²) in [6.45, 7) is 0. The van der Waals surface area contributed by atoms with E-state index in [1.54, 1.807) is 0 Å². The van der Waals surface area contributed by atoms with Crippen LogP contribution >= 0.6 is 0 Å². The van der Waals surface area contributed by atoms with Crippen molar-refractivity contribution in [3.8, 4) is 22.3 Å². The summed E-state index contributed by atoms with van der Waals surface area (Å²) in [5.41, 5.74) is 0.479. The van der Waals surface area contributed by atoms with Gasteiger partial charge in [0.2, 0.25) is 10.0 Å². The van der Waals surface area contributed by atoms with E-state index in [1.165, 1.54) is 36.5 Å². The third-order valence-electron chi connectivity index (χ3n) is 3.54. The lowest BCUT2D eigenvalue weighted by molar-refractivity contribution is 0.568. The molecule has 1 aromatic heterocycles. The monoisotopic (exact) mass is 363 g/mol. The molecule has 0 unspecified atom stereocenters. The van der Waals surface area contributed by atoms with Crippen molar-refractivity contribution in [2.45, 2.75) is 4.90 Å². The molecule has 0 saturated carbocycles. The number of nitrogens with zero attached hydrogens (tertiary/aromatic N) is 1.